The molecule has 0 unspecified atom stereocenters. The average Bonchev–Trinajstić information content (AvgIpc) is 1.97. The fourth-order valence-electron chi connectivity index (χ4n) is 0.592. The maximum atomic E-state index is 10.7. The second-order valence-corrected chi connectivity index (χ2v) is 2.03. The Balaban J connectivity index is 4.35. The summed E-state index contributed by atoms with van der Waals surface area (Å²) >= 11 is 0. The normalized spacial score (nSPS) is 11.9. The molecule has 0 aliphatic rings. The molecule has 0 aliphatic carbocycles. The first kappa shape index (κ1) is 9.69. The lowest BCUT2D eigenvalue weighted by Crippen LogP contribution is -2.12. The molecule has 0 spiro atoms. The van der Waals surface area contributed by atoms with Crippen molar-refractivity contribution in [1.82, 2.24) is 0 Å². The Morgan fingerprint density at radius 1 is 1.64 bits per heavy atom. The standard InChI is InChI=1S/C9H13NO/c1-3-5-7-8(6-4-2)9(10)11/h4-7H,2-3H2,1H3,(H2,10,11)/b7-5-,8-6+. The van der Waals surface area contributed by atoms with Gasteiger partial charge in [0.25, 0.3) is 0 Å². The van der Waals surface area contributed by atoms with Gasteiger partial charge in [0.05, 0.1) is 0 Å². The van der Waals surface area contributed by atoms with Crippen LogP contribution in [0.25, 0.3) is 0 Å². The highest BCUT2D eigenvalue weighted by molar-refractivity contribution is 5.95. The van der Waals surface area contributed by atoms with Crippen LogP contribution in [-0.4, -0.2) is 5.91 Å². The van der Waals surface area contributed by atoms with Gasteiger partial charge in [-0.3, -0.25) is 4.79 Å². The molecule has 0 atom stereocenters. The zero-order valence-corrected chi connectivity index (χ0v) is 6.71. The Labute approximate surface area is 67.1 Å². The number of rotatable bonds is 4. The summed E-state index contributed by atoms with van der Waals surface area (Å²) in [5.41, 5.74) is 5.55. The van der Waals surface area contributed by atoms with E-state index >= 15 is 0 Å². The molecule has 0 saturated heterocycles. The van der Waals surface area contributed by atoms with Crippen LogP contribution in [0.3, 0.4) is 0 Å². The molecular weight excluding hydrogens is 138 g/mol. The van der Waals surface area contributed by atoms with Gasteiger partial charge in [-0.15, -0.1) is 0 Å². The van der Waals surface area contributed by atoms with Crippen LogP contribution in [0, 0.1) is 0 Å². The number of carbonyl (C=O) groups is 1. The minimum Gasteiger partial charge on any atom is -0.366 e. The van der Waals surface area contributed by atoms with E-state index in [1.807, 2.05) is 13.0 Å². The molecule has 0 aromatic heterocycles. The van der Waals surface area contributed by atoms with E-state index in [0.717, 1.165) is 6.42 Å². The van der Waals surface area contributed by atoms with Gasteiger partial charge >= 0.3 is 0 Å². The molecule has 0 heterocycles. The maximum absolute atomic E-state index is 10.7. The molecule has 1 amide bonds. The molecule has 2 nitrogen and oxygen atoms in total. The number of primary amides is 1. The van der Waals surface area contributed by atoms with E-state index in [4.69, 9.17) is 5.73 Å². The smallest absolute Gasteiger partial charge is 0.248 e. The summed E-state index contributed by atoms with van der Waals surface area (Å²) in [4.78, 5) is 10.7. The predicted molar refractivity (Wildman–Crippen MR) is 46.9 cm³/mol. The van der Waals surface area contributed by atoms with Gasteiger partial charge in [0, 0.05) is 5.57 Å². The van der Waals surface area contributed by atoms with Crippen LogP contribution < -0.4 is 5.73 Å². The first-order chi connectivity index (χ1) is 5.22. The third-order valence-electron chi connectivity index (χ3n) is 1.12. The zero-order valence-electron chi connectivity index (χ0n) is 6.71. The molecule has 2 N–H and O–H groups in total. The van der Waals surface area contributed by atoms with E-state index < -0.39 is 5.91 Å². The molecule has 0 aliphatic heterocycles. The molecule has 0 bridgehead atoms. The van der Waals surface area contributed by atoms with Crippen LogP contribution in [0.5, 0.6) is 0 Å². The Bertz CT molecular complexity index is 202. The summed E-state index contributed by atoms with van der Waals surface area (Å²) < 4.78 is 0. The summed E-state index contributed by atoms with van der Waals surface area (Å²) in [5.74, 6) is -0.422. The van der Waals surface area contributed by atoms with Crippen molar-refractivity contribution >= 4 is 5.91 Å². The van der Waals surface area contributed by atoms with Crippen molar-refractivity contribution in [2.24, 2.45) is 5.73 Å². The van der Waals surface area contributed by atoms with Crippen molar-refractivity contribution in [1.29, 1.82) is 0 Å². The first-order valence-corrected chi connectivity index (χ1v) is 3.51. The fraction of sp³-hybridized carbons (Fsp3) is 0.222. The van der Waals surface area contributed by atoms with Gasteiger partial charge in [0.1, 0.15) is 0 Å². The topological polar surface area (TPSA) is 43.1 Å². The summed E-state index contributed by atoms with van der Waals surface area (Å²) in [7, 11) is 0. The Kier molecular flexibility index (Phi) is 4.82. The van der Waals surface area contributed by atoms with Gasteiger partial charge in [0.2, 0.25) is 5.91 Å². The van der Waals surface area contributed by atoms with Crippen LogP contribution in [0.2, 0.25) is 0 Å². The maximum Gasteiger partial charge on any atom is 0.248 e. The van der Waals surface area contributed by atoms with E-state index in [1.54, 1.807) is 18.2 Å². The number of nitrogens with two attached hydrogens (primary N) is 1. The van der Waals surface area contributed by atoms with Gasteiger partial charge in [0.15, 0.2) is 0 Å². The van der Waals surface area contributed by atoms with Crippen LogP contribution >= 0.6 is 0 Å². The third-order valence-corrected chi connectivity index (χ3v) is 1.12. The second-order valence-electron chi connectivity index (χ2n) is 2.03. The molecule has 0 aromatic rings. The molecule has 0 rings (SSSR count). The lowest BCUT2D eigenvalue weighted by atomic mass is 10.2. The summed E-state index contributed by atoms with van der Waals surface area (Å²) in [6, 6.07) is 0. The molecule has 0 aromatic carbocycles. The lowest BCUT2D eigenvalue weighted by molar-refractivity contribution is -0.114. The first-order valence-electron chi connectivity index (χ1n) is 3.51. The number of allylic oxidation sites excluding steroid dienone is 3. The SMILES string of the molecule is C=C/C=C(\C=C/CC)C(N)=O. The quantitative estimate of drug-likeness (QED) is 0.480. The van der Waals surface area contributed by atoms with E-state index in [9.17, 15) is 4.79 Å². The molecular formula is C9H13NO. The highest BCUT2D eigenvalue weighted by Gasteiger charge is 1.96. The Hall–Kier alpha value is -1.31. The lowest BCUT2D eigenvalue weighted by Gasteiger charge is -1.91. The van der Waals surface area contributed by atoms with Crippen LogP contribution in [0.1, 0.15) is 13.3 Å². The summed E-state index contributed by atoms with van der Waals surface area (Å²) in [6.45, 7) is 5.46. The monoisotopic (exact) mass is 151 g/mol. The highest BCUT2D eigenvalue weighted by atomic mass is 16.1. The van der Waals surface area contributed by atoms with Gasteiger partial charge in [-0.05, 0) is 6.42 Å². The molecule has 0 saturated carbocycles. The third kappa shape index (κ3) is 4.14. The largest absolute Gasteiger partial charge is 0.366 e. The van der Waals surface area contributed by atoms with E-state index in [-0.39, 0.29) is 0 Å². The van der Waals surface area contributed by atoms with Gasteiger partial charge < -0.3 is 5.73 Å². The minimum absolute atomic E-state index is 0.422. The van der Waals surface area contributed by atoms with Crippen molar-refractivity contribution in [3.8, 4) is 0 Å². The van der Waals surface area contributed by atoms with Crippen molar-refractivity contribution in [3.63, 3.8) is 0 Å². The molecule has 0 radical (unpaired) electrons. The number of hydrogen-bond donors (Lipinski definition) is 1. The zero-order chi connectivity index (χ0) is 8.69. The molecule has 60 valence electrons. The van der Waals surface area contributed by atoms with Crippen LogP contribution in [-0.2, 0) is 4.79 Å². The van der Waals surface area contributed by atoms with Gasteiger partial charge in [-0.25, -0.2) is 0 Å². The van der Waals surface area contributed by atoms with Crippen LogP contribution in [0.15, 0.2) is 36.5 Å². The second kappa shape index (κ2) is 5.47. The summed E-state index contributed by atoms with van der Waals surface area (Å²) in [6.07, 6.45) is 7.60. The Morgan fingerprint density at radius 2 is 2.27 bits per heavy atom. The van der Waals surface area contributed by atoms with E-state index in [2.05, 4.69) is 6.58 Å². The van der Waals surface area contributed by atoms with Crippen molar-refractivity contribution in [3.05, 3.63) is 36.5 Å². The van der Waals surface area contributed by atoms with Crippen molar-refractivity contribution < 1.29 is 4.79 Å². The van der Waals surface area contributed by atoms with E-state index in [0.29, 0.717) is 5.57 Å². The minimum atomic E-state index is -0.422. The van der Waals surface area contributed by atoms with Crippen molar-refractivity contribution in [2.75, 3.05) is 0 Å². The molecule has 0 fully saturated rings. The van der Waals surface area contributed by atoms with Gasteiger partial charge in [-0.2, -0.15) is 0 Å². The van der Waals surface area contributed by atoms with E-state index in [1.165, 1.54) is 0 Å². The summed E-state index contributed by atoms with van der Waals surface area (Å²) in [5, 5.41) is 0. The number of amides is 1. The molecule has 2 heteroatoms. The predicted octanol–water partition coefficient (Wildman–Crippen LogP) is 1.55. The fourth-order valence-corrected chi connectivity index (χ4v) is 0.592. The average molecular weight is 151 g/mol. The number of carbonyl (C=O) groups excluding carboxylic acids is 1. The Morgan fingerprint density at radius 3 is 2.64 bits per heavy atom. The number of hydrogen-bond acceptors (Lipinski definition) is 1. The van der Waals surface area contributed by atoms with Gasteiger partial charge in [-0.1, -0.05) is 37.8 Å². The molecule has 11 heavy (non-hydrogen) atoms. The highest BCUT2D eigenvalue weighted by Crippen LogP contribution is 1.96. The van der Waals surface area contributed by atoms with Crippen molar-refractivity contribution in [2.45, 2.75) is 13.3 Å². The van der Waals surface area contributed by atoms with Crippen LogP contribution in [0.4, 0.5) is 0 Å².